The molecule has 0 saturated carbocycles. The number of anilines is 2. The van der Waals surface area contributed by atoms with Crippen LogP contribution in [0.5, 0.6) is 11.5 Å². The maximum absolute atomic E-state index is 12.1. The van der Waals surface area contributed by atoms with Crippen molar-refractivity contribution in [3.8, 4) is 11.5 Å². The van der Waals surface area contributed by atoms with Crippen LogP contribution in [0, 0.1) is 6.92 Å². The zero-order chi connectivity index (χ0) is 25.8. The Hall–Kier alpha value is -4.92. The fraction of sp³-hybridized carbons (Fsp3) is 0.111. The lowest BCUT2D eigenvalue weighted by atomic mass is 10.2. The van der Waals surface area contributed by atoms with E-state index in [-0.39, 0.29) is 12.5 Å². The average Bonchev–Trinajstić information content (AvgIpc) is 2.89. The predicted octanol–water partition coefficient (Wildman–Crippen LogP) is 3.67. The van der Waals surface area contributed by atoms with Crippen molar-refractivity contribution < 1.29 is 23.9 Å². The molecule has 0 aromatic heterocycles. The van der Waals surface area contributed by atoms with Crippen molar-refractivity contribution in [2.24, 2.45) is 5.10 Å². The quantitative estimate of drug-likeness (QED) is 0.175. The maximum atomic E-state index is 12.1. The largest absolute Gasteiger partial charge is 0.490 e. The van der Waals surface area contributed by atoms with E-state index in [4.69, 9.17) is 9.47 Å². The lowest BCUT2D eigenvalue weighted by molar-refractivity contribution is -0.136. The molecular formula is C27H26N4O5. The third-order valence-electron chi connectivity index (χ3n) is 4.74. The first-order valence-corrected chi connectivity index (χ1v) is 11.0. The monoisotopic (exact) mass is 486 g/mol. The summed E-state index contributed by atoms with van der Waals surface area (Å²) >= 11 is 0. The van der Waals surface area contributed by atoms with Gasteiger partial charge in [-0.3, -0.25) is 14.4 Å². The summed E-state index contributed by atoms with van der Waals surface area (Å²) in [5.41, 5.74) is 4.96. The highest BCUT2D eigenvalue weighted by Gasteiger charge is 2.13. The Morgan fingerprint density at radius 1 is 0.861 bits per heavy atom. The Kier molecular flexibility index (Phi) is 9.35. The number of para-hydroxylation sites is 1. The van der Waals surface area contributed by atoms with Crippen LogP contribution in [0.1, 0.15) is 11.1 Å². The van der Waals surface area contributed by atoms with Crippen molar-refractivity contribution in [3.05, 3.63) is 96.6 Å². The standard InChI is InChI=1S/C27H26N4O5/c1-3-16-35-22-14-10-21(11-15-22)29-26(33)27(34)31-28-17-20-8-12-23(13-9-20)36-18-25(32)30-24-7-5-4-6-19(24)2/h3-15,17H,1,16,18H2,2H3,(H,29,33)(H,30,32)(H,31,34)/b28-17-. The summed E-state index contributed by atoms with van der Waals surface area (Å²) in [4.78, 5) is 36.1. The van der Waals surface area contributed by atoms with Crippen LogP contribution in [0.15, 0.2) is 90.6 Å². The number of rotatable bonds is 10. The van der Waals surface area contributed by atoms with Gasteiger partial charge in [0.05, 0.1) is 6.21 Å². The zero-order valence-electron chi connectivity index (χ0n) is 19.7. The smallest absolute Gasteiger partial charge is 0.329 e. The van der Waals surface area contributed by atoms with Gasteiger partial charge in [0.25, 0.3) is 5.91 Å². The number of nitrogens with zero attached hydrogens (tertiary/aromatic N) is 1. The van der Waals surface area contributed by atoms with Gasteiger partial charge in [-0.1, -0.05) is 30.9 Å². The van der Waals surface area contributed by atoms with E-state index in [1.807, 2.05) is 31.2 Å². The molecule has 3 rings (SSSR count). The number of benzene rings is 3. The van der Waals surface area contributed by atoms with Crippen LogP contribution in [-0.4, -0.2) is 37.1 Å². The van der Waals surface area contributed by atoms with Gasteiger partial charge in [-0.2, -0.15) is 5.10 Å². The molecule has 0 spiro atoms. The molecule has 3 N–H and O–H groups in total. The van der Waals surface area contributed by atoms with Gasteiger partial charge in [0.1, 0.15) is 18.1 Å². The second-order valence-electron chi connectivity index (χ2n) is 7.50. The zero-order valence-corrected chi connectivity index (χ0v) is 19.7. The van der Waals surface area contributed by atoms with Gasteiger partial charge >= 0.3 is 11.8 Å². The number of ether oxygens (including phenoxy) is 2. The summed E-state index contributed by atoms with van der Waals surface area (Å²) in [6, 6.07) is 20.8. The van der Waals surface area contributed by atoms with Gasteiger partial charge in [-0.15, -0.1) is 0 Å². The van der Waals surface area contributed by atoms with Crippen molar-refractivity contribution in [2.75, 3.05) is 23.8 Å². The van der Waals surface area contributed by atoms with Crippen LogP contribution < -0.4 is 25.5 Å². The molecule has 0 aliphatic carbocycles. The lowest BCUT2D eigenvalue weighted by Crippen LogP contribution is -2.32. The molecule has 0 unspecified atom stereocenters. The SMILES string of the molecule is C=CCOc1ccc(NC(=O)C(=O)N/N=C\c2ccc(OCC(=O)Nc3ccccc3C)cc2)cc1. The molecule has 3 amide bonds. The molecule has 36 heavy (non-hydrogen) atoms. The fourth-order valence-corrected chi connectivity index (χ4v) is 2.89. The van der Waals surface area contributed by atoms with E-state index >= 15 is 0 Å². The summed E-state index contributed by atoms with van der Waals surface area (Å²) in [5.74, 6) is -0.939. The number of carbonyl (C=O) groups is 3. The van der Waals surface area contributed by atoms with Crippen molar-refractivity contribution in [3.63, 3.8) is 0 Å². The van der Waals surface area contributed by atoms with Gasteiger partial charge in [0, 0.05) is 11.4 Å². The highest BCUT2D eigenvalue weighted by Crippen LogP contribution is 2.16. The van der Waals surface area contributed by atoms with E-state index < -0.39 is 11.8 Å². The summed E-state index contributed by atoms with van der Waals surface area (Å²) < 4.78 is 10.9. The molecule has 0 fully saturated rings. The highest BCUT2D eigenvalue weighted by atomic mass is 16.5. The molecule has 0 bridgehead atoms. The number of carbonyl (C=O) groups excluding carboxylic acids is 3. The normalized spacial score (nSPS) is 10.4. The minimum Gasteiger partial charge on any atom is -0.490 e. The Balaban J connectivity index is 1.41. The van der Waals surface area contributed by atoms with Gasteiger partial charge in [-0.05, 0) is 72.6 Å². The van der Waals surface area contributed by atoms with Crippen LogP contribution in [-0.2, 0) is 14.4 Å². The number of aryl methyl sites for hydroxylation is 1. The molecule has 184 valence electrons. The minimum atomic E-state index is -0.919. The number of hydrogen-bond donors (Lipinski definition) is 3. The second kappa shape index (κ2) is 13.1. The molecule has 9 nitrogen and oxygen atoms in total. The van der Waals surface area contributed by atoms with E-state index in [2.05, 4.69) is 27.7 Å². The molecule has 3 aromatic rings. The maximum Gasteiger partial charge on any atom is 0.329 e. The van der Waals surface area contributed by atoms with Crippen LogP contribution in [0.2, 0.25) is 0 Å². The van der Waals surface area contributed by atoms with Gasteiger partial charge in [-0.25, -0.2) is 5.43 Å². The number of hydrogen-bond acceptors (Lipinski definition) is 6. The molecule has 9 heteroatoms. The van der Waals surface area contributed by atoms with Gasteiger partial charge < -0.3 is 20.1 Å². The number of amides is 3. The Morgan fingerprint density at radius 2 is 1.53 bits per heavy atom. The first-order chi connectivity index (χ1) is 17.4. The summed E-state index contributed by atoms with van der Waals surface area (Å²) in [7, 11) is 0. The third kappa shape index (κ3) is 8.14. The van der Waals surface area contributed by atoms with E-state index in [1.165, 1.54) is 6.21 Å². The topological polar surface area (TPSA) is 118 Å². The van der Waals surface area contributed by atoms with E-state index in [0.29, 0.717) is 29.4 Å². The molecule has 0 aliphatic heterocycles. The van der Waals surface area contributed by atoms with Crippen molar-refractivity contribution in [1.29, 1.82) is 0 Å². The first-order valence-electron chi connectivity index (χ1n) is 11.0. The minimum absolute atomic E-state index is 0.141. The molecule has 0 aliphatic rings. The Bertz CT molecular complexity index is 1240. The van der Waals surface area contributed by atoms with E-state index in [0.717, 1.165) is 11.3 Å². The predicted molar refractivity (Wildman–Crippen MR) is 138 cm³/mol. The highest BCUT2D eigenvalue weighted by molar-refractivity contribution is 6.39. The second-order valence-corrected chi connectivity index (χ2v) is 7.50. The van der Waals surface area contributed by atoms with Crippen molar-refractivity contribution in [2.45, 2.75) is 6.92 Å². The van der Waals surface area contributed by atoms with Crippen LogP contribution in [0.3, 0.4) is 0 Å². The lowest BCUT2D eigenvalue weighted by Gasteiger charge is -2.09. The van der Waals surface area contributed by atoms with Crippen LogP contribution in [0.4, 0.5) is 11.4 Å². The summed E-state index contributed by atoms with van der Waals surface area (Å²) in [6.07, 6.45) is 3.00. The molecule has 0 heterocycles. The molecule has 0 atom stereocenters. The number of nitrogens with one attached hydrogen (secondary N) is 3. The van der Waals surface area contributed by atoms with E-state index in [9.17, 15) is 14.4 Å². The van der Waals surface area contributed by atoms with Crippen molar-refractivity contribution >= 4 is 35.3 Å². The average molecular weight is 487 g/mol. The van der Waals surface area contributed by atoms with Crippen LogP contribution in [0.25, 0.3) is 0 Å². The van der Waals surface area contributed by atoms with E-state index in [1.54, 1.807) is 54.6 Å². The number of hydrazone groups is 1. The van der Waals surface area contributed by atoms with Crippen molar-refractivity contribution in [1.82, 2.24) is 5.43 Å². The molecule has 3 aromatic carbocycles. The molecule has 0 saturated heterocycles. The molecule has 0 radical (unpaired) electrons. The summed E-state index contributed by atoms with van der Waals surface area (Å²) in [6.45, 7) is 5.71. The Morgan fingerprint density at radius 3 is 2.22 bits per heavy atom. The molecular weight excluding hydrogens is 460 g/mol. The van der Waals surface area contributed by atoms with Gasteiger partial charge in [0.2, 0.25) is 0 Å². The third-order valence-corrected chi connectivity index (χ3v) is 4.74. The summed E-state index contributed by atoms with van der Waals surface area (Å²) in [5, 5.41) is 9.06. The first kappa shape index (κ1) is 25.7. The Labute approximate surface area is 208 Å². The fourth-order valence-electron chi connectivity index (χ4n) is 2.89. The van der Waals surface area contributed by atoms with Gasteiger partial charge in [0.15, 0.2) is 6.61 Å². The van der Waals surface area contributed by atoms with Crippen LogP contribution >= 0.6 is 0 Å².